The van der Waals surface area contributed by atoms with Crippen LogP contribution in [0.3, 0.4) is 0 Å². The van der Waals surface area contributed by atoms with Gasteiger partial charge in [0.1, 0.15) is 40.4 Å². The van der Waals surface area contributed by atoms with Gasteiger partial charge in [-0.3, -0.25) is 28.9 Å². The molecule has 3 fully saturated rings. The van der Waals surface area contributed by atoms with Crippen molar-refractivity contribution < 1.29 is 41.5 Å². The summed E-state index contributed by atoms with van der Waals surface area (Å²) in [4.78, 5) is 68.7. The van der Waals surface area contributed by atoms with E-state index in [1.54, 1.807) is 43.3 Å². The Morgan fingerprint density at radius 3 is 2.50 bits per heavy atom. The maximum absolute atomic E-state index is 14.6. The Labute approximate surface area is 369 Å². The number of fused-ring (bicyclic) bond motifs is 1. The molecule has 5 atom stereocenters. The molecule has 2 aliphatic heterocycles. The number of allylic oxidation sites excluding steroid dienone is 2. The SMILES string of the molecule is CCCCC/C=C\C[C@@](C)(NC(=O)[C@@H]1C[C@@H](Oc2cc(-c3ccccn3)nc3c2C(C)CC(OC)=C3Cl)CN1C(=O)[C@H](C)CC(=O)N1CCC(F)CC1)C(=O)NS(=O)(=O)C1CC1. The lowest BCUT2D eigenvalue weighted by molar-refractivity contribution is -0.145. The fourth-order valence-corrected chi connectivity index (χ4v) is 10.0. The van der Waals surface area contributed by atoms with Crippen LogP contribution in [0.2, 0.25) is 0 Å². The number of amides is 4. The van der Waals surface area contributed by atoms with Crippen LogP contribution < -0.4 is 14.8 Å². The van der Waals surface area contributed by atoms with Crippen LogP contribution in [0.15, 0.2) is 48.4 Å². The highest BCUT2D eigenvalue weighted by Gasteiger charge is 2.47. The molecule has 0 aromatic carbocycles. The quantitative estimate of drug-likeness (QED) is 0.123. The highest BCUT2D eigenvalue weighted by atomic mass is 35.5. The summed E-state index contributed by atoms with van der Waals surface area (Å²) in [5, 5.41) is 2.51. The van der Waals surface area contributed by atoms with Crippen LogP contribution >= 0.6 is 11.6 Å². The standard InChI is InChI=1S/C45H60ClFN6O8S/c1-6-7-8-9-10-12-19-45(4,44(57)51-62(58,59)32-15-16-32)50-42(55)35-25-31(27-53(35)43(56)29(3)24-38(54)52-21-17-30(47)18-22-52)61-36-26-34(33-14-11-13-20-48-33)49-41-39(36)28(2)23-37(60-5)40(41)46/h10-14,20,26,28-32,35H,6-9,15-19,21-25,27H2,1-5H3,(H,50,55)(H,51,57)/b12-10-/t28?,29-,31-,35+,45-/m1/s1. The highest BCUT2D eigenvalue weighted by Crippen LogP contribution is 2.46. The molecule has 2 N–H and O–H groups in total. The van der Waals surface area contributed by atoms with Crippen LogP contribution in [0.1, 0.15) is 122 Å². The molecule has 4 amide bonds. The van der Waals surface area contributed by atoms with E-state index in [2.05, 4.69) is 21.9 Å². The number of nitrogens with zero attached hydrogens (tertiary/aromatic N) is 4. The molecule has 6 rings (SSSR count). The largest absolute Gasteiger partial charge is 0.499 e. The van der Waals surface area contributed by atoms with E-state index in [-0.39, 0.29) is 63.6 Å². The highest BCUT2D eigenvalue weighted by molar-refractivity contribution is 7.91. The monoisotopic (exact) mass is 898 g/mol. The number of sulfonamides is 1. The minimum Gasteiger partial charge on any atom is -0.499 e. The normalized spacial score (nSPS) is 22.2. The van der Waals surface area contributed by atoms with Crippen molar-refractivity contribution in [3.8, 4) is 17.1 Å². The third kappa shape index (κ3) is 11.1. The minimum absolute atomic E-state index is 0.00444. The number of hydrogen-bond donors (Lipinski definition) is 2. The van der Waals surface area contributed by atoms with E-state index in [9.17, 15) is 32.0 Å². The van der Waals surface area contributed by atoms with E-state index in [1.165, 1.54) is 11.8 Å². The first-order chi connectivity index (χ1) is 29.5. The van der Waals surface area contributed by atoms with Gasteiger partial charge in [0.05, 0.1) is 36.0 Å². The zero-order chi connectivity index (χ0) is 44.8. The Morgan fingerprint density at radius 2 is 1.84 bits per heavy atom. The molecule has 338 valence electrons. The van der Waals surface area contributed by atoms with Gasteiger partial charge in [-0.1, -0.05) is 63.4 Å². The van der Waals surface area contributed by atoms with Gasteiger partial charge in [0, 0.05) is 56.1 Å². The Kier molecular flexibility index (Phi) is 15.4. The Bertz CT molecular complexity index is 2150. The number of likely N-dealkylation sites (tertiary alicyclic amines) is 2. The van der Waals surface area contributed by atoms with Gasteiger partial charge < -0.3 is 24.6 Å². The Morgan fingerprint density at radius 1 is 1.10 bits per heavy atom. The van der Waals surface area contributed by atoms with Crippen molar-refractivity contribution in [1.82, 2.24) is 29.8 Å². The second-order valence-corrected chi connectivity index (χ2v) is 19.7. The molecule has 14 nitrogen and oxygen atoms in total. The molecule has 2 aromatic rings. The third-order valence-electron chi connectivity index (χ3n) is 12.2. The fourth-order valence-electron chi connectivity index (χ4n) is 8.31. The maximum Gasteiger partial charge on any atom is 0.259 e. The first-order valence-electron chi connectivity index (χ1n) is 21.9. The molecule has 2 saturated heterocycles. The first-order valence-corrected chi connectivity index (χ1v) is 23.8. The molecule has 0 bridgehead atoms. The molecule has 1 unspecified atom stereocenters. The van der Waals surface area contributed by atoms with Crippen LogP contribution in [-0.4, -0.2) is 108 Å². The second-order valence-electron chi connectivity index (χ2n) is 17.3. The van der Waals surface area contributed by atoms with Gasteiger partial charge in [0.25, 0.3) is 5.91 Å². The zero-order valence-electron chi connectivity index (χ0n) is 36.3. The minimum atomic E-state index is -3.96. The van der Waals surface area contributed by atoms with Crippen LogP contribution in [0.5, 0.6) is 5.75 Å². The smallest absolute Gasteiger partial charge is 0.259 e. The van der Waals surface area contributed by atoms with Crippen LogP contribution in [0.25, 0.3) is 16.4 Å². The summed E-state index contributed by atoms with van der Waals surface area (Å²) in [5.74, 6) is -2.30. The molecule has 62 heavy (non-hydrogen) atoms. The van der Waals surface area contributed by atoms with E-state index >= 15 is 0 Å². The Balaban J connectivity index is 1.31. The number of aromatic nitrogens is 2. The van der Waals surface area contributed by atoms with Gasteiger partial charge >= 0.3 is 0 Å². The van der Waals surface area contributed by atoms with E-state index in [0.29, 0.717) is 52.9 Å². The number of unbranched alkanes of at least 4 members (excludes halogenated alkanes) is 3. The molecule has 1 saturated carbocycles. The number of pyridine rings is 2. The number of piperidine rings is 1. The molecule has 0 spiro atoms. The summed E-state index contributed by atoms with van der Waals surface area (Å²) in [6.07, 6.45) is 9.02. The number of methoxy groups -OCH3 is 1. The van der Waals surface area contributed by atoms with E-state index in [1.807, 2.05) is 25.1 Å². The van der Waals surface area contributed by atoms with Crippen molar-refractivity contribution >= 4 is 50.3 Å². The average molecular weight is 900 g/mol. The summed E-state index contributed by atoms with van der Waals surface area (Å²) in [6.45, 7) is 7.67. The number of carbonyl (C=O) groups excluding carboxylic acids is 4. The van der Waals surface area contributed by atoms with Crippen molar-refractivity contribution in [3.63, 3.8) is 0 Å². The number of ether oxygens (including phenoxy) is 2. The number of hydrogen-bond acceptors (Lipinski definition) is 10. The number of rotatable bonds is 18. The summed E-state index contributed by atoms with van der Waals surface area (Å²) >= 11 is 6.90. The predicted molar refractivity (Wildman–Crippen MR) is 234 cm³/mol. The number of nitrogens with one attached hydrogen (secondary N) is 2. The van der Waals surface area contributed by atoms with Gasteiger partial charge in [0.15, 0.2) is 0 Å². The lowest BCUT2D eigenvalue weighted by Crippen LogP contribution is -2.61. The molecule has 2 aromatic heterocycles. The number of halogens is 2. The lowest BCUT2D eigenvalue weighted by Gasteiger charge is -2.33. The second kappa shape index (κ2) is 20.3. The van der Waals surface area contributed by atoms with Crippen molar-refractivity contribution in [2.75, 3.05) is 26.7 Å². The summed E-state index contributed by atoms with van der Waals surface area (Å²) < 4.78 is 54.5. The maximum atomic E-state index is 14.6. The van der Waals surface area contributed by atoms with Crippen LogP contribution in [-0.2, 0) is 33.9 Å². The summed E-state index contributed by atoms with van der Waals surface area (Å²) in [5.41, 5.74) is 0.533. The van der Waals surface area contributed by atoms with E-state index in [0.717, 1.165) is 31.2 Å². The van der Waals surface area contributed by atoms with Gasteiger partial charge in [-0.2, -0.15) is 0 Å². The number of alkyl halides is 1. The fraction of sp³-hybridized carbons (Fsp3) is 0.600. The van der Waals surface area contributed by atoms with Crippen molar-refractivity contribution in [2.24, 2.45) is 5.92 Å². The average Bonchev–Trinajstić information content (AvgIpc) is 4.04. The summed E-state index contributed by atoms with van der Waals surface area (Å²) in [7, 11) is -2.41. The first kappa shape index (κ1) is 46.9. The van der Waals surface area contributed by atoms with Crippen molar-refractivity contribution in [3.05, 3.63) is 59.6 Å². The molecule has 4 aliphatic rings. The van der Waals surface area contributed by atoms with E-state index in [4.69, 9.17) is 26.1 Å². The van der Waals surface area contributed by atoms with Gasteiger partial charge in [0.2, 0.25) is 27.7 Å². The number of carbonyl (C=O) groups is 4. The molecule has 0 radical (unpaired) electrons. The van der Waals surface area contributed by atoms with Crippen LogP contribution in [0.4, 0.5) is 4.39 Å². The topological polar surface area (TPSA) is 177 Å². The third-order valence-corrected chi connectivity index (χ3v) is 14.4. The lowest BCUT2D eigenvalue weighted by atomic mass is 9.89. The van der Waals surface area contributed by atoms with E-state index < -0.39 is 62.8 Å². The van der Waals surface area contributed by atoms with Crippen molar-refractivity contribution in [1.29, 1.82) is 0 Å². The molecule has 17 heteroatoms. The van der Waals surface area contributed by atoms with Crippen molar-refractivity contribution in [2.45, 2.75) is 140 Å². The molecular formula is C45H60ClFN6O8S. The molecule has 2 aliphatic carbocycles. The van der Waals surface area contributed by atoms with Gasteiger partial charge in [-0.05, 0) is 69.9 Å². The summed E-state index contributed by atoms with van der Waals surface area (Å²) in [6, 6.07) is 6.04. The van der Waals surface area contributed by atoms with Crippen LogP contribution in [0, 0.1) is 5.92 Å². The molecule has 4 heterocycles. The predicted octanol–water partition coefficient (Wildman–Crippen LogP) is 6.55. The zero-order valence-corrected chi connectivity index (χ0v) is 37.9. The molecular weight excluding hydrogens is 839 g/mol. The van der Waals surface area contributed by atoms with Gasteiger partial charge in [-0.15, -0.1) is 0 Å². The van der Waals surface area contributed by atoms with Gasteiger partial charge in [-0.25, -0.2) is 17.8 Å². The Hall–Kier alpha value is -4.57.